The van der Waals surface area contributed by atoms with Gasteiger partial charge in [-0.05, 0) is 45.4 Å². The molecule has 1 N–H and O–H groups in total. The highest BCUT2D eigenvalue weighted by atomic mass is 79.9. The smallest absolute Gasteiger partial charge is 0.410 e. The highest BCUT2D eigenvalue weighted by molar-refractivity contribution is 9.10. The average molecular weight is 587 g/mol. The molecule has 1 aromatic heterocycles. The summed E-state index contributed by atoms with van der Waals surface area (Å²) in [7, 11) is 0. The molecule has 3 aromatic rings. The molecule has 202 valence electrons. The second kappa shape index (κ2) is 11.9. The molecule has 0 radical (unpaired) electrons. The molecule has 2 aromatic carbocycles. The molecule has 0 unspecified atom stereocenters. The lowest BCUT2D eigenvalue weighted by Gasteiger charge is -2.35. The van der Waals surface area contributed by atoms with Crippen LogP contribution < -0.4 is 10.1 Å². The van der Waals surface area contributed by atoms with E-state index < -0.39 is 10.5 Å². The predicted octanol–water partition coefficient (Wildman–Crippen LogP) is 5.37. The van der Waals surface area contributed by atoms with Gasteiger partial charge in [-0.2, -0.15) is 0 Å². The van der Waals surface area contributed by atoms with E-state index in [-0.39, 0.29) is 17.5 Å². The number of fused-ring (bicyclic) bond motifs is 1. The Kier molecular flexibility index (Phi) is 8.62. The minimum absolute atomic E-state index is 0.143. The molecule has 1 aliphatic heterocycles. The van der Waals surface area contributed by atoms with Crippen molar-refractivity contribution in [2.45, 2.75) is 32.8 Å². The Morgan fingerprint density at radius 1 is 1.16 bits per heavy atom. The number of halogens is 1. The number of hydrogen-bond acceptors (Lipinski definition) is 9. The van der Waals surface area contributed by atoms with Crippen LogP contribution in [-0.4, -0.2) is 75.7 Å². The van der Waals surface area contributed by atoms with Crippen molar-refractivity contribution in [3.8, 4) is 5.75 Å². The van der Waals surface area contributed by atoms with E-state index in [4.69, 9.17) is 9.47 Å². The van der Waals surface area contributed by atoms with E-state index in [1.807, 2.05) is 45.0 Å². The van der Waals surface area contributed by atoms with E-state index in [1.165, 1.54) is 12.4 Å². The van der Waals surface area contributed by atoms with Crippen LogP contribution in [0.3, 0.4) is 0 Å². The second-order valence-corrected chi connectivity index (χ2v) is 10.9. The van der Waals surface area contributed by atoms with E-state index in [9.17, 15) is 14.9 Å². The molecule has 12 heteroatoms. The van der Waals surface area contributed by atoms with E-state index in [2.05, 4.69) is 36.1 Å². The fourth-order valence-corrected chi connectivity index (χ4v) is 4.48. The molecule has 1 fully saturated rings. The maximum atomic E-state index is 12.2. The number of rotatable bonds is 8. The van der Waals surface area contributed by atoms with Gasteiger partial charge in [-0.25, -0.2) is 14.8 Å². The zero-order chi connectivity index (χ0) is 27.3. The van der Waals surface area contributed by atoms with Gasteiger partial charge in [0.05, 0.1) is 22.4 Å². The first-order valence-electron chi connectivity index (χ1n) is 12.4. The molecule has 0 bridgehead atoms. The number of ether oxygens (including phenoxy) is 2. The van der Waals surface area contributed by atoms with Gasteiger partial charge in [-0.1, -0.05) is 22.0 Å². The Hall–Kier alpha value is -3.51. The molecule has 0 atom stereocenters. The average Bonchev–Trinajstić information content (AvgIpc) is 2.85. The Labute approximate surface area is 229 Å². The summed E-state index contributed by atoms with van der Waals surface area (Å²) in [5.41, 5.74) is 0.668. The minimum Gasteiger partial charge on any atom is -0.487 e. The van der Waals surface area contributed by atoms with Crippen LogP contribution in [0.25, 0.3) is 10.9 Å². The maximum absolute atomic E-state index is 12.2. The molecule has 38 heavy (non-hydrogen) atoms. The van der Waals surface area contributed by atoms with Crippen LogP contribution in [-0.2, 0) is 4.74 Å². The van der Waals surface area contributed by atoms with Crippen molar-refractivity contribution in [3.05, 3.63) is 57.3 Å². The van der Waals surface area contributed by atoms with Gasteiger partial charge in [-0.15, -0.1) is 0 Å². The molecule has 1 aliphatic rings. The highest BCUT2D eigenvalue weighted by Crippen LogP contribution is 2.35. The second-order valence-electron chi connectivity index (χ2n) is 9.96. The third-order valence-electron chi connectivity index (χ3n) is 5.90. The molecule has 0 aliphatic carbocycles. The molecular weight excluding hydrogens is 556 g/mol. The van der Waals surface area contributed by atoms with Crippen molar-refractivity contribution < 1.29 is 19.2 Å². The molecule has 4 rings (SSSR count). The van der Waals surface area contributed by atoms with Gasteiger partial charge < -0.3 is 19.7 Å². The number of nitrogens with one attached hydrogen (secondary N) is 1. The van der Waals surface area contributed by atoms with Crippen molar-refractivity contribution in [1.29, 1.82) is 0 Å². The van der Waals surface area contributed by atoms with Crippen LogP contribution in [0.2, 0.25) is 0 Å². The fraction of sp³-hybridized carbons (Fsp3) is 0.423. The van der Waals surface area contributed by atoms with Gasteiger partial charge in [0.1, 0.15) is 17.7 Å². The summed E-state index contributed by atoms with van der Waals surface area (Å²) in [5, 5.41) is 15.6. The Bertz CT molecular complexity index is 1310. The number of nitro benzene ring substituents is 1. The number of carbonyl (C=O) groups is 1. The summed E-state index contributed by atoms with van der Waals surface area (Å²) in [6, 6.07) is 10.6. The number of nitro groups is 1. The van der Waals surface area contributed by atoms with Gasteiger partial charge in [0.25, 0.3) is 0 Å². The fourth-order valence-electron chi connectivity index (χ4n) is 4.08. The molecule has 11 nitrogen and oxygen atoms in total. The van der Waals surface area contributed by atoms with Crippen molar-refractivity contribution in [1.82, 2.24) is 19.8 Å². The number of hydrogen-bond donors (Lipinski definition) is 1. The Balaban J connectivity index is 1.35. The number of nitrogens with zero attached hydrogens (tertiary/aromatic N) is 5. The molecular formula is C26H31BrN6O5. The molecule has 2 heterocycles. The van der Waals surface area contributed by atoms with E-state index >= 15 is 0 Å². The van der Waals surface area contributed by atoms with Crippen molar-refractivity contribution in [2.24, 2.45) is 0 Å². The Morgan fingerprint density at radius 3 is 2.61 bits per heavy atom. The third-order valence-corrected chi connectivity index (χ3v) is 6.39. The lowest BCUT2D eigenvalue weighted by atomic mass is 10.2. The normalized spacial score (nSPS) is 14.4. The molecule has 1 saturated heterocycles. The lowest BCUT2D eigenvalue weighted by Crippen LogP contribution is -2.50. The molecule has 0 spiro atoms. The highest BCUT2D eigenvalue weighted by Gasteiger charge is 2.26. The molecule has 1 amide bonds. The number of amides is 1. The number of carbonyl (C=O) groups excluding carboxylic acids is 1. The quantitative estimate of drug-likeness (QED) is 0.211. The Morgan fingerprint density at radius 2 is 1.92 bits per heavy atom. The van der Waals surface area contributed by atoms with Crippen LogP contribution in [0.1, 0.15) is 27.2 Å². The number of benzene rings is 2. The summed E-state index contributed by atoms with van der Waals surface area (Å²) in [5.74, 6) is 0.637. The SMILES string of the molecule is CC(C)(C)OC(=O)N1CCN(CCCOc2cc3ncnc(Nc4cccc(Br)c4)c3cc2[N+](=O)[O-])CC1. The van der Waals surface area contributed by atoms with Crippen molar-refractivity contribution in [3.63, 3.8) is 0 Å². The van der Waals surface area contributed by atoms with Gasteiger partial charge in [-0.3, -0.25) is 15.0 Å². The van der Waals surface area contributed by atoms with Gasteiger partial charge >= 0.3 is 11.8 Å². The van der Waals surface area contributed by atoms with Gasteiger partial charge in [0, 0.05) is 55.0 Å². The summed E-state index contributed by atoms with van der Waals surface area (Å²) >= 11 is 3.44. The number of anilines is 2. The van der Waals surface area contributed by atoms with Crippen LogP contribution in [0.5, 0.6) is 5.75 Å². The summed E-state index contributed by atoms with van der Waals surface area (Å²) in [6.45, 7) is 9.30. The predicted molar refractivity (Wildman–Crippen MR) is 148 cm³/mol. The number of piperazine rings is 1. The van der Waals surface area contributed by atoms with Gasteiger partial charge in [0.15, 0.2) is 5.75 Å². The third kappa shape index (κ3) is 7.29. The van der Waals surface area contributed by atoms with E-state index in [0.717, 1.165) is 29.8 Å². The van der Waals surface area contributed by atoms with Crippen LogP contribution in [0.4, 0.5) is 22.0 Å². The van der Waals surface area contributed by atoms with Crippen molar-refractivity contribution in [2.75, 3.05) is 44.6 Å². The summed E-state index contributed by atoms with van der Waals surface area (Å²) in [4.78, 5) is 36.2. The lowest BCUT2D eigenvalue weighted by molar-refractivity contribution is -0.385. The molecule has 0 saturated carbocycles. The van der Waals surface area contributed by atoms with Crippen LogP contribution >= 0.6 is 15.9 Å². The van der Waals surface area contributed by atoms with Crippen molar-refractivity contribution >= 4 is 50.1 Å². The number of aromatic nitrogens is 2. The van der Waals surface area contributed by atoms with E-state index in [1.54, 1.807) is 11.0 Å². The maximum Gasteiger partial charge on any atom is 0.410 e. The zero-order valence-corrected chi connectivity index (χ0v) is 23.2. The van der Waals surface area contributed by atoms with Crippen LogP contribution in [0.15, 0.2) is 47.2 Å². The topological polar surface area (TPSA) is 123 Å². The largest absolute Gasteiger partial charge is 0.487 e. The standard InChI is InChI=1S/C26H31BrN6O5/c1-26(2,3)38-25(34)32-11-9-31(10-12-32)8-5-13-37-23-16-21-20(15-22(23)33(35)36)24(29-17-28-21)30-19-7-4-6-18(27)14-19/h4,6-7,14-17H,5,8-13H2,1-3H3,(H,28,29,30). The van der Waals surface area contributed by atoms with Gasteiger partial charge in [0.2, 0.25) is 0 Å². The van der Waals surface area contributed by atoms with E-state index in [0.29, 0.717) is 42.8 Å². The first-order chi connectivity index (χ1) is 18.1. The monoisotopic (exact) mass is 586 g/mol. The first-order valence-corrected chi connectivity index (χ1v) is 13.2. The van der Waals surface area contributed by atoms with Crippen LogP contribution in [0, 0.1) is 10.1 Å². The first kappa shape index (κ1) is 27.5. The summed E-state index contributed by atoms with van der Waals surface area (Å²) in [6.07, 6.45) is 1.80. The summed E-state index contributed by atoms with van der Waals surface area (Å²) < 4.78 is 12.2. The zero-order valence-electron chi connectivity index (χ0n) is 21.6. The minimum atomic E-state index is -0.514.